The predicted octanol–water partition coefficient (Wildman–Crippen LogP) is 2.57. The van der Waals surface area contributed by atoms with Crippen LogP contribution in [0.4, 0.5) is 4.39 Å². The van der Waals surface area contributed by atoms with Crippen molar-refractivity contribution in [1.29, 1.82) is 0 Å². The maximum absolute atomic E-state index is 14.0. The van der Waals surface area contributed by atoms with Crippen molar-refractivity contribution in [3.63, 3.8) is 0 Å². The van der Waals surface area contributed by atoms with E-state index in [-0.39, 0.29) is 11.7 Å². The zero-order valence-corrected chi connectivity index (χ0v) is 13.5. The molecule has 1 N–H and O–H groups in total. The minimum Gasteiger partial charge on any atom is -0.354 e. The van der Waals surface area contributed by atoms with Crippen molar-refractivity contribution in [2.24, 2.45) is 0 Å². The fraction of sp³-hybridized carbons (Fsp3) is 0.333. The first-order valence-electron chi connectivity index (χ1n) is 7.68. The van der Waals surface area contributed by atoms with Crippen LogP contribution in [0, 0.1) is 5.82 Å². The van der Waals surface area contributed by atoms with Gasteiger partial charge in [-0.15, -0.1) is 0 Å². The van der Waals surface area contributed by atoms with Crippen molar-refractivity contribution < 1.29 is 9.18 Å². The summed E-state index contributed by atoms with van der Waals surface area (Å²) in [6.45, 7) is 0.536. The number of carbonyl (C=O) groups is 1. The molecule has 0 spiro atoms. The Hall–Kier alpha value is -2.27. The van der Waals surface area contributed by atoms with Gasteiger partial charge in [0.25, 0.3) is 0 Å². The van der Waals surface area contributed by atoms with Gasteiger partial charge in [-0.25, -0.2) is 4.39 Å². The fourth-order valence-electron chi connectivity index (χ4n) is 2.47. The summed E-state index contributed by atoms with van der Waals surface area (Å²) in [5.74, 6) is -0.559. The van der Waals surface area contributed by atoms with E-state index in [1.807, 2.05) is 18.2 Å². The number of aromatic nitrogens is 1. The second-order valence-corrected chi connectivity index (χ2v) is 5.60. The lowest BCUT2D eigenvalue weighted by Crippen LogP contribution is -2.38. The molecule has 5 heteroatoms. The monoisotopic (exact) mass is 315 g/mol. The highest BCUT2D eigenvalue weighted by molar-refractivity contribution is 5.83. The van der Waals surface area contributed by atoms with Gasteiger partial charge in [-0.2, -0.15) is 0 Å². The van der Waals surface area contributed by atoms with Gasteiger partial charge >= 0.3 is 0 Å². The molecule has 122 valence electrons. The molecule has 1 aromatic carbocycles. The Morgan fingerprint density at radius 2 is 1.96 bits per heavy atom. The Morgan fingerprint density at radius 3 is 2.61 bits per heavy atom. The SMILES string of the molecule is CN(C)[C@@H](C(=O)NCCCc1ccccn1)c1ccccc1F. The lowest BCUT2D eigenvalue weighted by molar-refractivity contribution is -0.125. The number of benzene rings is 1. The molecular weight excluding hydrogens is 293 g/mol. The van der Waals surface area contributed by atoms with Crippen LogP contribution >= 0.6 is 0 Å². The van der Waals surface area contributed by atoms with Crippen molar-refractivity contribution in [3.05, 3.63) is 65.7 Å². The standard InChI is InChI=1S/C18H22FN3O/c1-22(2)17(15-10-3-4-11-16(15)19)18(23)21-13-7-9-14-8-5-6-12-20-14/h3-6,8,10-12,17H,7,9,13H2,1-2H3,(H,21,23)/t17-/m1/s1. The van der Waals surface area contributed by atoms with E-state index in [0.29, 0.717) is 12.1 Å². The highest BCUT2D eigenvalue weighted by Gasteiger charge is 2.25. The molecule has 0 saturated carbocycles. The van der Waals surface area contributed by atoms with Crippen molar-refractivity contribution >= 4 is 5.91 Å². The summed E-state index contributed by atoms with van der Waals surface area (Å²) in [6, 6.07) is 11.5. The van der Waals surface area contributed by atoms with Crippen LogP contribution in [0.1, 0.15) is 23.7 Å². The molecule has 0 radical (unpaired) electrons. The summed E-state index contributed by atoms with van der Waals surface area (Å²) in [5.41, 5.74) is 1.39. The first kappa shape index (κ1) is 17.1. The van der Waals surface area contributed by atoms with Crippen molar-refractivity contribution in [2.75, 3.05) is 20.6 Å². The quantitative estimate of drug-likeness (QED) is 0.799. The molecule has 0 aliphatic heterocycles. The Kier molecular flexibility index (Phi) is 6.23. The summed E-state index contributed by atoms with van der Waals surface area (Å²) >= 11 is 0. The van der Waals surface area contributed by atoms with Crippen molar-refractivity contribution in [2.45, 2.75) is 18.9 Å². The first-order chi connectivity index (χ1) is 11.1. The van der Waals surface area contributed by atoms with Gasteiger partial charge in [0, 0.05) is 24.0 Å². The lowest BCUT2D eigenvalue weighted by atomic mass is 10.0. The van der Waals surface area contributed by atoms with Crippen LogP contribution < -0.4 is 5.32 Å². The molecule has 0 fully saturated rings. The Balaban J connectivity index is 1.91. The zero-order valence-electron chi connectivity index (χ0n) is 13.5. The van der Waals surface area contributed by atoms with E-state index in [1.165, 1.54) is 6.07 Å². The van der Waals surface area contributed by atoms with Crippen LogP contribution in [0.5, 0.6) is 0 Å². The number of hydrogen-bond acceptors (Lipinski definition) is 3. The summed E-state index contributed by atoms with van der Waals surface area (Å²) in [4.78, 5) is 18.4. The van der Waals surface area contributed by atoms with Crippen LogP contribution in [-0.2, 0) is 11.2 Å². The third-order valence-electron chi connectivity index (χ3n) is 3.60. The van der Waals surface area contributed by atoms with E-state index < -0.39 is 6.04 Å². The van der Waals surface area contributed by atoms with Crippen molar-refractivity contribution in [1.82, 2.24) is 15.2 Å². The van der Waals surface area contributed by atoms with Crippen LogP contribution in [0.25, 0.3) is 0 Å². The van der Waals surface area contributed by atoms with E-state index in [0.717, 1.165) is 18.5 Å². The zero-order chi connectivity index (χ0) is 16.7. The Morgan fingerprint density at radius 1 is 1.22 bits per heavy atom. The molecule has 0 unspecified atom stereocenters. The summed E-state index contributed by atoms with van der Waals surface area (Å²) in [5, 5.41) is 2.88. The molecule has 0 aliphatic rings. The molecule has 23 heavy (non-hydrogen) atoms. The molecule has 2 aromatic rings. The second kappa shape index (κ2) is 8.39. The van der Waals surface area contributed by atoms with Crippen LogP contribution in [0.3, 0.4) is 0 Å². The number of halogens is 1. The highest BCUT2D eigenvalue weighted by atomic mass is 19.1. The predicted molar refractivity (Wildman–Crippen MR) is 88.4 cm³/mol. The molecule has 0 saturated heterocycles. The topological polar surface area (TPSA) is 45.2 Å². The van der Waals surface area contributed by atoms with E-state index in [4.69, 9.17) is 0 Å². The Bertz CT molecular complexity index is 631. The Labute approximate surface area is 136 Å². The second-order valence-electron chi connectivity index (χ2n) is 5.60. The number of pyridine rings is 1. The number of hydrogen-bond donors (Lipinski definition) is 1. The maximum Gasteiger partial charge on any atom is 0.242 e. The molecule has 0 aliphatic carbocycles. The number of likely N-dealkylation sites (N-methyl/N-ethyl adjacent to an activating group) is 1. The van der Waals surface area contributed by atoms with E-state index in [9.17, 15) is 9.18 Å². The number of nitrogens with one attached hydrogen (secondary N) is 1. The summed E-state index contributed by atoms with van der Waals surface area (Å²) < 4.78 is 14.0. The average Bonchev–Trinajstić information content (AvgIpc) is 2.54. The molecule has 1 heterocycles. The van der Waals surface area contributed by atoms with Crippen LogP contribution in [-0.4, -0.2) is 36.4 Å². The maximum atomic E-state index is 14.0. The third kappa shape index (κ3) is 4.86. The number of amides is 1. The van der Waals surface area contributed by atoms with Gasteiger partial charge in [-0.3, -0.25) is 14.7 Å². The van der Waals surface area contributed by atoms with Gasteiger partial charge in [0.15, 0.2) is 0 Å². The molecule has 2 rings (SSSR count). The van der Waals surface area contributed by atoms with Crippen LogP contribution in [0.15, 0.2) is 48.7 Å². The minimum absolute atomic E-state index is 0.193. The average molecular weight is 315 g/mol. The normalized spacial score (nSPS) is 12.2. The summed E-state index contributed by atoms with van der Waals surface area (Å²) in [7, 11) is 3.54. The van der Waals surface area contributed by atoms with Gasteiger partial charge < -0.3 is 5.32 Å². The number of rotatable bonds is 7. The molecule has 4 nitrogen and oxygen atoms in total. The fourth-order valence-corrected chi connectivity index (χ4v) is 2.47. The molecule has 0 bridgehead atoms. The largest absolute Gasteiger partial charge is 0.354 e. The molecule has 1 amide bonds. The first-order valence-corrected chi connectivity index (χ1v) is 7.68. The minimum atomic E-state index is -0.633. The van der Waals surface area contributed by atoms with Gasteiger partial charge in [-0.05, 0) is 45.1 Å². The number of nitrogens with zero attached hydrogens (tertiary/aromatic N) is 2. The smallest absolute Gasteiger partial charge is 0.242 e. The van der Waals surface area contributed by atoms with E-state index in [2.05, 4.69) is 10.3 Å². The summed E-state index contributed by atoms with van der Waals surface area (Å²) in [6.07, 6.45) is 3.35. The highest BCUT2D eigenvalue weighted by Crippen LogP contribution is 2.21. The van der Waals surface area contributed by atoms with Crippen molar-refractivity contribution in [3.8, 4) is 0 Å². The van der Waals surface area contributed by atoms with Gasteiger partial charge in [0.1, 0.15) is 11.9 Å². The molecule has 1 atom stereocenters. The molecule has 1 aromatic heterocycles. The number of aryl methyl sites for hydroxylation is 1. The third-order valence-corrected chi connectivity index (χ3v) is 3.60. The van der Waals surface area contributed by atoms with Gasteiger partial charge in [-0.1, -0.05) is 24.3 Å². The van der Waals surface area contributed by atoms with Gasteiger partial charge in [0.05, 0.1) is 0 Å². The van der Waals surface area contributed by atoms with E-state index >= 15 is 0 Å². The number of carbonyl (C=O) groups excluding carboxylic acids is 1. The van der Waals surface area contributed by atoms with Gasteiger partial charge in [0.2, 0.25) is 5.91 Å². The van der Waals surface area contributed by atoms with E-state index in [1.54, 1.807) is 43.4 Å². The van der Waals surface area contributed by atoms with Crippen LogP contribution in [0.2, 0.25) is 0 Å². The lowest BCUT2D eigenvalue weighted by Gasteiger charge is -2.24. The molecular formula is C18H22FN3O.